The van der Waals surface area contributed by atoms with Crippen LogP contribution < -0.4 is 10.5 Å². The molecule has 1 heterocycles. The molecule has 0 aliphatic heterocycles. The second kappa shape index (κ2) is 6.55. The van der Waals surface area contributed by atoms with Crippen LogP contribution in [0.1, 0.15) is 6.42 Å². The molecule has 1 aromatic heterocycles. The number of pyridine rings is 1. The Kier molecular flexibility index (Phi) is 5.36. The predicted octanol–water partition coefficient (Wildman–Crippen LogP) is 1.17. The molecule has 1 rings (SSSR count). The van der Waals surface area contributed by atoms with Crippen molar-refractivity contribution in [3.63, 3.8) is 0 Å². The third kappa shape index (κ3) is 3.85. The van der Waals surface area contributed by atoms with E-state index in [0.717, 1.165) is 6.42 Å². The smallest absolute Gasteiger partial charge is 0.140 e. The van der Waals surface area contributed by atoms with Gasteiger partial charge in [0.2, 0.25) is 0 Å². The van der Waals surface area contributed by atoms with E-state index in [0.29, 0.717) is 23.9 Å². The van der Waals surface area contributed by atoms with Crippen molar-refractivity contribution in [3.8, 4) is 5.75 Å². The Morgan fingerprint density at radius 2 is 2.22 bits per heavy atom. The lowest BCUT2D eigenvalue weighted by Crippen LogP contribution is -2.07. The van der Waals surface area contributed by atoms with Crippen molar-refractivity contribution in [2.24, 2.45) is 4.36 Å². The summed E-state index contributed by atoms with van der Waals surface area (Å²) in [5.74, 6) is 0.755. The molecule has 0 bridgehead atoms. The third-order valence-corrected chi connectivity index (χ3v) is 4.21. The monoisotopic (exact) mass is 273 g/mol. The number of nitrogens with zero attached hydrogens (tertiary/aromatic N) is 2. The van der Waals surface area contributed by atoms with Crippen molar-refractivity contribution in [1.82, 2.24) is 4.98 Å². The van der Waals surface area contributed by atoms with E-state index >= 15 is 0 Å². The Morgan fingerprint density at radius 1 is 1.50 bits per heavy atom. The van der Waals surface area contributed by atoms with E-state index in [2.05, 4.69) is 9.35 Å². The number of hydrogen-bond donors (Lipinski definition) is 1. The Balaban J connectivity index is 2.85. The highest BCUT2D eigenvalue weighted by molar-refractivity contribution is 7.93. The van der Waals surface area contributed by atoms with Crippen molar-refractivity contribution in [2.75, 3.05) is 39.4 Å². The first kappa shape index (κ1) is 14.7. The lowest BCUT2D eigenvalue weighted by atomic mass is 10.4. The fraction of sp³-hybridized carbons (Fsp3) is 0.545. The second-order valence-electron chi connectivity index (χ2n) is 3.73. The van der Waals surface area contributed by atoms with E-state index in [1.807, 2.05) is 0 Å². The standard InChI is InChI=1S/C11H19N3O3S/c1-13-18(3,15)10-7-9(8-14-11(10)12)17-6-4-5-16-2/h7-8H,4-6H2,1-3H3,(H2,12,14). The molecular weight excluding hydrogens is 254 g/mol. The maximum absolute atomic E-state index is 12.1. The molecule has 0 saturated heterocycles. The lowest BCUT2D eigenvalue weighted by Gasteiger charge is -2.10. The van der Waals surface area contributed by atoms with Gasteiger partial charge in [-0.05, 0) is 0 Å². The summed E-state index contributed by atoms with van der Waals surface area (Å²) in [5.41, 5.74) is 5.70. The van der Waals surface area contributed by atoms with Gasteiger partial charge in [-0.2, -0.15) is 0 Å². The first-order valence-corrected chi connectivity index (χ1v) is 7.41. The molecule has 0 fully saturated rings. The molecule has 102 valence electrons. The minimum Gasteiger partial charge on any atom is -0.492 e. The van der Waals surface area contributed by atoms with Gasteiger partial charge in [0.25, 0.3) is 0 Å². The molecule has 2 N–H and O–H groups in total. The van der Waals surface area contributed by atoms with E-state index in [9.17, 15) is 4.21 Å². The van der Waals surface area contributed by atoms with Gasteiger partial charge in [0.05, 0.1) is 27.4 Å². The molecule has 18 heavy (non-hydrogen) atoms. The van der Waals surface area contributed by atoms with Crippen LogP contribution in [0.2, 0.25) is 0 Å². The molecule has 0 aromatic carbocycles. The number of methoxy groups -OCH3 is 1. The SMILES string of the molecule is CN=S(C)(=O)c1cc(OCCCOC)cnc1N. The number of ether oxygens (including phenoxy) is 2. The van der Waals surface area contributed by atoms with Gasteiger partial charge in [0.15, 0.2) is 0 Å². The van der Waals surface area contributed by atoms with Crippen molar-refractivity contribution < 1.29 is 13.7 Å². The first-order valence-electron chi connectivity index (χ1n) is 5.49. The molecule has 0 radical (unpaired) electrons. The van der Waals surface area contributed by atoms with E-state index in [-0.39, 0.29) is 5.82 Å². The molecule has 0 saturated carbocycles. The average Bonchev–Trinajstić information content (AvgIpc) is 2.36. The fourth-order valence-corrected chi connectivity index (χ4v) is 2.28. The minimum absolute atomic E-state index is 0.220. The number of nitrogen functional groups attached to an aromatic ring is 1. The van der Waals surface area contributed by atoms with E-state index < -0.39 is 9.73 Å². The van der Waals surface area contributed by atoms with Gasteiger partial charge in [0.1, 0.15) is 11.6 Å². The van der Waals surface area contributed by atoms with E-state index in [1.54, 1.807) is 13.2 Å². The lowest BCUT2D eigenvalue weighted by molar-refractivity contribution is 0.172. The predicted molar refractivity (Wildman–Crippen MR) is 71.3 cm³/mol. The maximum atomic E-state index is 12.1. The van der Waals surface area contributed by atoms with Gasteiger partial charge >= 0.3 is 0 Å². The summed E-state index contributed by atoms with van der Waals surface area (Å²) in [7, 11) is 0.627. The number of anilines is 1. The van der Waals surface area contributed by atoms with Gasteiger partial charge in [-0.25, -0.2) is 13.6 Å². The molecule has 0 amide bonds. The van der Waals surface area contributed by atoms with Crippen LogP contribution in [0.25, 0.3) is 0 Å². The van der Waals surface area contributed by atoms with Crippen LogP contribution >= 0.6 is 0 Å². The zero-order chi connectivity index (χ0) is 13.6. The molecule has 7 heteroatoms. The molecule has 0 aliphatic rings. The van der Waals surface area contributed by atoms with Crippen LogP contribution in [0.5, 0.6) is 5.75 Å². The van der Waals surface area contributed by atoms with Gasteiger partial charge in [-0.1, -0.05) is 0 Å². The van der Waals surface area contributed by atoms with Crippen LogP contribution in [-0.4, -0.2) is 42.8 Å². The highest BCUT2D eigenvalue weighted by Crippen LogP contribution is 2.22. The second-order valence-corrected chi connectivity index (χ2v) is 6.14. The molecule has 1 atom stereocenters. The molecule has 0 aliphatic carbocycles. The van der Waals surface area contributed by atoms with Crippen molar-refractivity contribution in [1.29, 1.82) is 0 Å². The number of rotatable bonds is 6. The van der Waals surface area contributed by atoms with Gasteiger partial charge < -0.3 is 15.2 Å². The summed E-state index contributed by atoms with van der Waals surface area (Å²) in [6.07, 6.45) is 3.81. The Bertz CT molecular complexity index is 510. The van der Waals surface area contributed by atoms with Crippen LogP contribution in [0.4, 0.5) is 5.82 Å². The maximum Gasteiger partial charge on any atom is 0.140 e. The molecule has 1 aromatic rings. The summed E-state index contributed by atoms with van der Waals surface area (Å²) in [6.45, 7) is 1.14. The molecular formula is C11H19N3O3S. The summed E-state index contributed by atoms with van der Waals surface area (Å²) >= 11 is 0. The fourth-order valence-electron chi connectivity index (χ4n) is 1.31. The Labute approximate surface area is 108 Å². The first-order chi connectivity index (χ1) is 8.51. The summed E-state index contributed by atoms with van der Waals surface area (Å²) in [4.78, 5) is 4.39. The molecule has 1 unspecified atom stereocenters. The molecule has 6 nitrogen and oxygen atoms in total. The van der Waals surface area contributed by atoms with Gasteiger partial charge in [0, 0.05) is 39.5 Å². The third-order valence-electron chi connectivity index (χ3n) is 2.37. The zero-order valence-corrected chi connectivity index (χ0v) is 11.7. The Hall–Kier alpha value is -1.34. The summed E-state index contributed by atoms with van der Waals surface area (Å²) < 4.78 is 26.4. The zero-order valence-electron chi connectivity index (χ0n) is 10.9. The van der Waals surface area contributed by atoms with Crippen LogP contribution in [0.15, 0.2) is 21.5 Å². The average molecular weight is 273 g/mol. The van der Waals surface area contributed by atoms with Crippen molar-refractivity contribution in [2.45, 2.75) is 11.3 Å². The number of hydrogen-bond acceptors (Lipinski definition) is 6. The topological polar surface area (TPSA) is 86.8 Å². The highest BCUT2D eigenvalue weighted by Gasteiger charge is 2.12. The Morgan fingerprint density at radius 3 is 2.83 bits per heavy atom. The van der Waals surface area contributed by atoms with Gasteiger partial charge in [-0.15, -0.1) is 0 Å². The summed E-state index contributed by atoms with van der Waals surface area (Å²) in [5, 5.41) is 0. The molecule has 0 spiro atoms. The van der Waals surface area contributed by atoms with Crippen molar-refractivity contribution >= 4 is 15.5 Å². The minimum atomic E-state index is -2.50. The quantitative estimate of drug-likeness (QED) is 0.786. The number of nitrogens with two attached hydrogens (primary N) is 1. The van der Waals surface area contributed by atoms with Crippen LogP contribution in [0, 0.1) is 0 Å². The van der Waals surface area contributed by atoms with E-state index in [4.69, 9.17) is 15.2 Å². The van der Waals surface area contributed by atoms with Crippen LogP contribution in [0.3, 0.4) is 0 Å². The van der Waals surface area contributed by atoms with Crippen molar-refractivity contribution in [3.05, 3.63) is 12.3 Å². The number of aromatic nitrogens is 1. The largest absolute Gasteiger partial charge is 0.492 e. The van der Waals surface area contributed by atoms with Crippen LogP contribution in [-0.2, 0) is 14.5 Å². The van der Waals surface area contributed by atoms with E-state index in [1.165, 1.54) is 19.5 Å². The normalized spacial score (nSPS) is 13.9. The van der Waals surface area contributed by atoms with Gasteiger partial charge in [-0.3, -0.25) is 0 Å². The summed E-state index contributed by atoms with van der Waals surface area (Å²) in [6, 6.07) is 1.63. The highest BCUT2D eigenvalue weighted by atomic mass is 32.2.